The van der Waals surface area contributed by atoms with E-state index in [1.165, 1.54) is 5.56 Å². The number of aryl methyl sites for hydroxylation is 1. The highest BCUT2D eigenvalue weighted by molar-refractivity contribution is 9.10. The van der Waals surface area contributed by atoms with Crippen molar-refractivity contribution < 1.29 is 0 Å². The van der Waals surface area contributed by atoms with Gasteiger partial charge in [0.25, 0.3) is 0 Å². The highest BCUT2D eigenvalue weighted by atomic mass is 79.9. The molecule has 0 saturated carbocycles. The van der Waals surface area contributed by atoms with E-state index in [1.807, 2.05) is 12.1 Å². The van der Waals surface area contributed by atoms with Crippen LogP contribution in [0.2, 0.25) is 0 Å². The Morgan fingerprint density at radius 2 is 1.88 bits per heavy atom. The number of benzene rings is 1. The Morgan fingerprint density at radius 3 is 2.53 bits per heavy atom. The van der Waals surface area contributed by atoms with E-state index in [1.54, 1.807) is 29.9 Å². The van der Waals surface area contributed by atoms with Gasteiger partial charge in [0.15, 0.2) is 0 Å². The van der Waals surface area contributed by atoms with Gasteiger partial charge in [-0.2, -0.15) is 0 Å². The van der Waals surface area contributed by atoms with Crippen molar-refractivity contribution in [3.8, 4) is 0 Å². The largest absolute Gasteiger partial charge is 0.380 e. The van der Waals surface area contributed by atoms with Crippen LogP contribution in [0.25, 0.3) is 0 Å². The van der Waals surface area contributed by atoms with Crippen LogP contribution in [-0.2, 0) is 13.6 Å². The molecule has 1 N–H and O–H groups in total. The van der Waals surface area contributed by atoms with Gasteiger partial charge in [-0.05, 0) is 23.8 Å². The second-order valence-corrected chi connectivity index (χ2v) is 4.76. The molecule has 0 atom stereocenters. The Hall–Kier alpha value is -1.55. The molecule has 0 saturated heterocycles. The monoisotopic (exact) mass is 292 g/mol. The van der Waals surface area contributed by atoms with Gasteiger partial charge in [-0.25, -0.2) is 0 Å². The zero-order valence-corrected chi connectivity index (χ0v) is 11.1. The Morgan fingerprint density at radius 1 is 1.18 bits per heavy atom. The summed E-state index contributed by atoms with van der Waals surface area (Å²) >= 11 is 3.40. The van der Waals surface area contributed by atoms with E-state index >= 15 is 0 Å². The number of hydrogen-bond donors (Lipinski definition) is 1. The molecule has 0 bridgehead atoms. The summed E-state index contributed by atoms with van der Waals surface area (Å²) in [7, 11) is 1.74. The molecular weight excluding hydrogens is 280 g/mol. The zero-order valence-electron chi connectivity index (χ0n) is 9.48. The van der Waals surface area contributed by atoms with Crippen molar-refractivity contribution in [1.82, 2.24) is 4.57 Å². The molecule has 0 aliphatic heterocycles. The average Bonchev–Trinajstić information content (AvgIpc) is 2.33. The third-order valence-electron chi connectivity index (χ3n) is 2.50. The van der Waals surface area contributed by atoms with Gasteiger partial charge in [0.1, 0.15) is 0 Å². The molecule has 0 amide bonds. The van der Waals surface area contributed by atoms with Gasteiger partial charge in [0.05, 0.1) is 5.69 Å². The van der Waals surface area contributed by atoms with E-state index in [0.29, 0.717) is 0 Å². The zero-order chi connectivity index (χ0) is 12.3. The summed E-state index contributed by atoms with van der Waals surface area (Å²) in [5.74, 6) is 0. The van der Waals surface area contributed by atoms with E-state index in [2.05, 4.69) is 33.4 Å². The average molecular weight is 293 g/mol. The number of nitrogens with zero attached hydrogens (tertiary/aromatic N) is 1. The van der Waals surface area contributed by atoms with Crippen LogP contribution in [0.5, 0.6) is 0 Å². The van der Waals surface area contributed by atoms with E-state index in [-0.39, 0.29) is 5.56 Å². The standard InChI is InChI=1S/C13H13BrN2O/c1-16-9-12(6-7-13(16)17)15-8-10-2-4-11(14)5-3-10/h2-7,9,15H,8H2,1H3. The Bertz CT molecular complexity index is 560. The van der Waals surface area contributed by atoms with E-state index in [9.17, 15) is 4.79 Å². The third kappa shape index (κ3) is 3.20. The van der Waals surface area contributed by atoms with Gasteiger partial charge in [-0.1, -0.05) is 28.1 Å². The number of rotatable bonds is 3. The highest BCUT2D eigenvalue weighted by Crippen LogP contribution is 2.12. The summed E-state index contributed by atoms with van der Waals surface area (Å²) in [5, 5.41) is 3.27. The molecule has 4 heteroatoms. The molecule has 88 valence electrons. The molecule has 0 aliphatic carbocycles. The van der Waals surface area contributed by atoms with E-state index in [0.717, 1.165) is 16.7 Å². The van der Waals surface area contributed by atoms with Crippen molar-refractivity contribution in [3.63, 3.8) is 0 Å². The van der Waals surface area contributed by atoms with Gasteiger partial charge in [-0.15, -0.1) is 0 Å². The normalized spacial score (nSPS) is 10.2. The molecule has 2 rings (SSSR count). The van der Waals surface area contributed by atoms with Crippen molar-refractivity contribution in [3.05, 3.63) is 63.0 Å². The molecule has 0 radical (unpaired) electrons. The lowest BCUT2D eigenvalue weighted by Crippen LogP contribution is -2.15. The van der Waals surface area contributed by atoms with Crippen LogP contribution in [0.3, 0.4) is 0 Å². The molecule has 0 fully saturated rings. The van der Waals surface area contributed by atoms with Crippen molar-refractivity contribution in [1.29, 1.82) is 0 Å². The fourth-order valence-electron chi connectivity index (χ4n) is 1.50. The van der Waals surface area contributed by atoms with Crippen LogP contribution in [-0.4, -0.2) is 4.57 Å². The van der Waals surface area contributed by atoms with Crippen LogP contribution >= 0.6 is 15.9 Å². The minimum absolute atomic E-state index is 0.000748. The molecule has 2 aromatic rings. The lowest BCUT2D eigenvalue weighted by atomic mass is 10.2. The van der Waals surface area contributed by atoms with Gasteiger partial charge in [0.2, 0.25) is 5.56 Å². The number of pyridine rings is 1. The summed E-state index contributed by atoms with van der Waals surface area (Å²) in [4.78, 5) is 11.2. The number of aromatic nitrogens is 1. The number of nitrogens with one attached hydrogen (secondary N) is 1. The molecule has 1 aromatic heterocycles. The Labute approximate surface area is 108 Å². The van der Waals surface area contributed by atoms with E-state index in [4.69, 9.17) is 0 Å². The van der Waals surface area contributed by atoms with Crippen molar-refractivity contribution in [2.45, 2.75) is 6.54 Å². The fraction of sp³-hybridized carbons (Fsp3) is 0.154. The topological polar surface area (TPSA) is 34.0 Å². The minimum Gasteiger partial charge on any atom is -0.380 e. The van der Waals surface area contributed by atoms with Crippen molar-refractivity contribution >= 4 is 21.6 Å². The van der Waals surface area contributed by atoms with E-state index < -0.39 is 0 Å². The summed E-state index contributed by atoms with van der Waals surface area (Å²) in [6.07, 6.45) is 1.79. The molecular formula is C13H13BrN2O. The van der Waals surface area contributed by atoms with Crippen LogP contribution in [0.4, 0.5) is 5.69 Å². The molecule has 0 unspecified atom stereocenters. The second-order valence-electron chi connectivity index (χ2n) is 3.85. The summed E-state index contributed by atoms with van der Waals surface area (Å²) < 4.78 is 2.63. The molecule has 1 heterocycles. The SMILES string of the molecule is Cn1cc(NCc2ccc(Br)cc2)ccc1=O. The lowest BCUT2D eigenvalue weighted by Gasteiger charge is -2.07. The summed E-state index contributed by atoms with van der Waals surface area (Å²) in [5.41, 5.74) is 2.14. The van der Waals surface area contributed by atoms with Crippen LogP contribution in [0.15, 0.2) is 51.9 Å². The quantitative estimate of drug-likeness (QED) is 0.944. The first-order valence-corrected chi connectivity index (χ1v) is 6.09. The Kier molecular flexibility index (Phi) is 3.64. The first-order valence-electron chi connectivity index (χ1n) is 5.30. The predicted octanol–water partition coefficient (Wildman–Crippen LogP) is 2.76. The van der Waals surface area contributed by atoms with Crippen molar-refractivity contribution in [2.24, 2.45) is 7.05 Å². The van der Waals surface area contributed by atoms with Crippen LogP contribution in [0.1, 0.15) is 5.56 Å². The highest BCUT2D eigenvalue weighted by Gasteiger charge is 1.96. The molecule has 3 nitrogen and oxygen atoms in total. The lowest BCUT2D eigenvalue weighted by molar-refractivity contribution is 0.859. The van der Waals surface area contributed by atoms with Crippen LogP contribution in [0, 0.1) is 0 Å². The third-order valence-corrected chi connectivity index (χ3v) is 3.02. The molecule has 1 aromatic carbocycles. The van der Waals surface area contributed by atoms with Gasteiger partial charge >= 0.3 is 0 Å². The molecule has 0 spiro atoms. The maximum atomic E-state index is 11.2. The first kappa shape index (κ1) is 11.9. The Balaban J connectivity index is 2.04. The van der Waals surface area contributed by atoms with Crippen molar-refractivity contribution in [2.75, 3.05) is 5.32 Å². The minimum atomic E-state index is -0.000748. The smallest absolute Gasteiger partial charge is 0.250 e. The fourth-order valence-corrected chi connectivity index (χ4v) is 1.77. The number of anilines is 1. The maximum Gasteiger partial charge on any atom is 0.250 e. The van der Waals surface area contributed by atoms with Crippen LogP contribution < -0.4 is 10.9 Å². The molecule has 17 heavy (non-hydrogen) atoms. The number of hydrogen-bond acceptors (Lipinski definition) is 2. The van der Waals surface area contributed by atoms with Gasteiger partial charge in [0, 0.05) is 30.3 Å². The van der Waals surface area contributed by atoms with Gasteiger partial charge in [-0.3, -0.25) is 4.79 Å². The summed E-state index contributed by atoms with van der Waals surface area (Å²) in [6, 6.07) is 11.5. The maximum absolute atomic E-state index is 11.2. The summed E-state index contributed by atoms with van der Waals surface area (Å²) in [6.45, 7) is 0.742. The van der Waals surface area contributed by atoms with Gasteiger partial charge < -0.3 is 9.88 Å². The predicted molar refractivity (Wildman–Crippen MR) is 73.2 cm³/mol. The number of halogens is 1. The molecule has 0 aliphatic rings. The first-order chi connectivity index (χ1) is 8.15. The second kappa shape index (κ2) is 5.19.